The van der Waals surface area contributed by atoms with Crippen molar-refractivity contribution < 1.29 is 4.74 Å². The minimum atomic E-state index is 0.401. The Kier molecular flexibility index (Phi) is 4.96. The fourth-order valence-electron chi connectivity index (χ4n) is 1.56. The van der Waals surface area contributed by atoms with Crippen molar-refractivity contribution in [3.05, 3.63) is 0 Å². The van der Waals surface area contributed by atoms with Gasteiger partial charge in [0.2, 0.25) is 0 Å². The molecule has 1 atom stereocenters. The summed E-state index contributed by atoms with van der Waals surface area (Å²) in [5.41, 5.74) is 0. The molecule has 1 unspecified atom stereocenters. The van der Waals surface area contributed by atoms with Gasteiger partial charge in [0.1, 0.15) is 0 Å². The Morgan fingerprint density at radius 2 is 2.25 bits per heavy atom. The molecule has 0 aromatic heterocycles. The normalized spacial score (nSPS) is 27.0. The maximum atomic E-state index is 6.06. The summed E-state index contributed by atoms with van der Waals surface area (Å²) in [5.74, 6) is 0. The highest BCUT2D eigenvalue weighted by atomic mass is 35.5. The molecule has 1 saturated heterocycles. The SMILES string of the molecule is COCCN1CCCC(Cl)CC1. The van der Waals surface area contributed by atoms with Crippen molar-refractivity contribution in [3.63, 3.8) is 0 Å². The Bertz CT molecular complexity index is 119. The minimum Gasteiger partial charge on any atom is -0.383 e. The molecular weight excluding hydrogens is 174 g/mol. The molecule has 1 fully saturated rings. The Hall–Kier alpha value is 0.210. The van der Waals surface area contributed by atoms with Crippen LogP contribution in [-0.4, -0.2) is 43.6 Å². The number of alkyl halides is 1. The van der Waals surface area contributed by atoms with E-state index in [1.165, 1.54) is 19.4 Å². The van der Waals surface area contributed by atoms with Crippen LogP contribution in [0, 0.1) is 0 Å². The van der Waals surface area contributed by atoms with Crippen molar-refractivity contribution in [1.82, 2.24) is 4.90 Å². The second-order valence-electron chi connectivity index (χ2n) is 3.36. The molecule has 0 aliphatic carbocycles. The van der Waals surface area contributed by atoms with Gasteiger partial charge in [-0.2, -0.15) is 0 Å². The van der Waals surface area contributed by atoms with Gasteiger partial charge in [0.05, 0.1) is 6.61 Å². The van der Waals surface area contributed by atoms with Crippen LogP contribution < -0.4 is 0 Å². The maximum absolute atomic E-state index is 6.06. The Morgan fingerprint density at radius 3 is 3.00 bits per heavy atom. The zero-order chi connectivity index (χ0) is 8.81. The van der Waals surface area contributed by atoms with E-state index in [4.69, 9.17) is 16.3 Å². The zero-order valence-electron chi connectivity index (χ0n) is 7.76. The third-order valence-corrected chi connectivity index (χ3v) is 2.80. The third kappa shape index (κ3) is 3.74. The van der Waals surface area contributed by atoms with Crippen LogP contribution in [0.3, 0.4) is 0 Å². The summed E-state index contributed by atoms with van der Waals surface area (Å²) in [6.45, 7) is 4.22. The molecule has 0 spiro atoms. The van der Waals surface area contributed by atoms with E-state index in [1.54, 1.807) is 7.11 Å². The van der Waals surface area contributed by atoms with E-state index in [0.29, 0.717) is 5.38 Å². The second kappa shape index (κ2) is 5.79. The monoisotopic (exact) mass is 191 g/mol. The van der Waals surface area contributed by atoms with Gasteiger partial charge < -0.3 is 9.64 Å². The molecule has 2 nitrogen and oxygen atoms in total. The van der Waals surface area contributed by atoms with E-state index in [0.717, 1.165) is 26.1 Å². The summed E-state index contributed by atoms with van der Waals surface area (Å²) >= 11 is 6.06. The van der Waals surface area contributed by atoms with E-state index in [2.05, 4.69) is 4.90 Å². The number of hydrogen-bond donors (Lipinski definition) is 0. The summed E-state index contributed by atoms with van der Waals surface area (Å²) < 4.78 is 5.04. The molecule has 0 radical (unpaired) electrons. The Balaban J connectivity index is 2.17. The smallest absolute Gasteiger partial charge is 0.0589 e. The lowest BCUT2D eigenvalue weighted by atomic mass is 10.2. The van der Waals surface area contributed by atoms with Crippen LogP contribution in [0.25, 0.3) is 0 Å². The number of nitrogens with zero attached hydrogens (tertiary/aromatic N) is 1. The first-order valence-electron chi connectivity index (χ1n) is 4.68. The average Bonchev–Trinajstić information content (AvgIpc) is 2.27. The van der Waals surface area contributed by atoms with Crippen molar-refractivity contribution >= 4 is 11.6 Å². The van der Waals surface area contributed by atoms with Gasteiger partial charge in [-0.1, -0.05) is 0 Å². The number of likely N-dealkylation sites (tertiary alicyclic amines) is 1. The van der Waals surface area contributed by atoms with Crippen molar-refractivity contribution in [2.24, 2.45) is 0 Å². The number of ether oxygens (including phenoxy) is 1. The highest BCUT2D eigenvalue weighted by Crippen LogP contribution is 2.15. The topological polar surface area (TPSA) is 12.5 Å². The van der Waals surface area contributed by atoms with Crippen LogP contribution in [0.4, 0.5) is 0 Å². The zero-order valence-corrected chi connectivity index (χ0v) is 8.52. The van der Waals surface area contributed by atoms with Gasteiger partial charge in [0, 0.05) is 19.0 Å². The predicted octanol–water partition coefficient (Wildman–Crippen LogP) is 1.73. The highest BCUT2D eigenvalue weighted by molar-refractivity contribution is 6.20. The largest absolute Gasteiger partial charge is 0.383 e. The predicted molar refractivity (Wildman–Crippen MR) is 51.8 cm³/mol. The Labute approximate surface area is 79.8 Å². The summed E-state index contributed by atoms with van der Waals surface area (Å²) in [6.07, 6.45) is 3.54. The van der Waals surface area contributed by atoms with Crippen molar-refractivity contribution in [3.8, 4) is 0 Å². The molecule has 0 N–H and O–H groups in total. The van der Waals surface area contributed by atoms with Crippen LogP contribution in [0.1, 0.15) is 19.3 Å². The third-order valence-electron chi connectivity index (χ3n) is 2.36. The summed E-state index contributed by atoms with van der Waals surface area (Å²) in [7, 11) is 1.75. The highest BCUT2D eigenvalue weighted by Gasteiger charge is 2.13. The van der Waals surface area contributed by atoms with E-state index in [1.807, 2.05) is 0 Å². The van der Waals surface area contributed by atoms with Gasteiger partial charge in [-0.25, -0.2) is 0 Å². The summed E-state index contributed by atoms with van der Waals surface area (Å²) in [4.78, 5) is 2.44. The molecule has 1 aliphatic rings. The van der Waals surface area contributed by atoms with Crippen LogP contribution in [-0.2, 0) is 4.74 Å². The molecular formula is C9H18ClNO. The van der Waals surface area contributed by atoms with Crippen molar-refractivity contribution in [2.45, 2.75) is 24.6 Å². The number of hydrogen-bond acceptors (Lipinski definition) is 2. The van der Waals surface area contributed by atoms with Gasteiger partial charge in [-0.3, -0.25) is 0 Å². The van der Waals surface area contributed by atoms with Gasteiger partial charge in [0.15, 0.2) is 0 Å². The van der Waals surface area contributed by atoms with E-state index in [-0.39, 0.29) is 0 Å². The molecule has 0 saturated carbocycles. The lowest BCUT2D eigenvalue weighted by molar-refractivity contribution is 0.150. The van der Waals surface area contributed by atoms with Crippen LogP contribution in [0.15, 0.2) is 0 Å². The molecule has 72 valence electrons. The van der Waals surface area contributed by atoms with E-state index < -0.39 is 0 Å². The van der Waals surface area contributed by atoms with Gasteiger partial charge >= 0.3 is 0 Å². The lowest BCUT2D eigenvalue weighted by Crippen LogP contribution is -2.28. The second-order valence-corrected chi connectivity index (χ2v) is 3.98. The summed E-state index contributed by atoms with van der Waals surface area (Å²) in [6, 6.07) is 0. The van der Waals surface area contributed by atoms with E-state index in [9.17, 15) is 0 Å². The molecule has 3 heteroatoms. The first kappa shape index (κ1) is 10.3. The van der Waals surface area contributed by atoms with Crippen LogP contribution in [0.2, 0.25) is 0 Å². The van der Waals surface area contributed by atoms with Gasteiger partial charge in [-0.15, -0.1) is 11.6 Å². The van der Waals surface area contributed by atoms with Gasteiger partial charge in [-0.05, 0) is 32.4 Å². The fourth-order valence-corrected chi connectivity index (χ4v) is 1.81. The molecule has 1 rings (SSSR count). The molecule has 1 aliphatic heterocycles. The van der Waals surface area contributed by atoms with Crippen LogP contribution in [0.5, 0.6) is 0 Å². The number of halogens is 1. The molecule has 0 aromatic rings. The molecule has 0 amide bonds. The average molecular weight is 192 g/mol. The standard InChI is InChI=1S/C9H18ClNO/c1-12-8-7-11-5-2-3-9(10)4-6-11/h9H,2-8H2,1H3. The molecule has 12 heavy (non-hydrogen) atoms. The lowest BCUT2D eigenvalue weighted by Gasteiger charge is -2.18. The van der Waals surface area contributed by atoms with E-state index >= 15 is 0 Å². The summed E-state index contributed by atoms with van der Waals surface area (Å²) in [5, 5.41) is 0.401. The van der Waals surface area contributed by atoms with Crippen molar-refractivity contribution in [1.29, 1.82) is 0 Å². The first-order chi connectivity index (χ1) is 5.83. The minimum absolute atomic E-state index is 0.401. The van der Waals surface area contributed by atoms with Crippen LogP contribution >= 0.6 is 11.6 Å². The fraction of sp³-hybridized carbons (Fsp3) is 1.00. The maximum Gasteiger partial charge on any atom is 0.0589 e. The Morgan fingerprint density at radius 1 is 1.42 bits per heavy atom. The van der Waals surface area contributed by atoms with Crippen molar-refractivity contribution in [2.75, 3.05) is 33.4 Å². The quantitative estimate of drug-likeness (QED) is 0.630. The molecule has 0 aromatic carbocycles. The first-order valence-corrected chi connectivity index (χ1v) is 5.12. The number of rotatable bonds is 3. The molecule has 0 bridgehead atoms. The number of methoxy groups -OCH3 is 1. The molecule has 1 heterocycles. The van der Waals surface area contributed by atoms with Gasteiger partial charge in [0.25, 0.3) is 0 Å².